The Labute approximate surface area is 119 Å². The molecule has 7 nitrogen and oxygen atoms in total. The number of fused-ring (bicyclic) bond motifs is 1. The average Bonchev–Trinajstić information content (AvgIpc) is 3.06. The van der Waals surface area contributed by atoms with Crippen LogP contribution in [0.3, 0.4) is 0 Å². The summed E-state index contributed by atoms with van der Waals surface area (Å²) in [5.74, 6) is 0.404. The lowest BCUT2D eigenvalue weighted by Crippen LogP contribution is -2.53. The van der Waals surface area contributed by atoms with Gasteiger partial charge in [0.2, 0.25) is 5.91 Å². The molecule has 2 aromatic heterocycles. The molecular weight excluding hydrogens is 280 g/mol. The van der Waals surface area contributed by atoms with E-state index < -0.39 is 6.04 Å². The molecule has 0 aromatic carbocycles. The molecule has 1 N–H and O–H groups in total. The highest BCUT2D eigenvalue weighted by atomic mass is 32.1. The highest BCUT2D eigenvalue weighted by Crippen LogP contribution is 2.26. The van der Waals surface area contributed by atoms with Crippen LogP contribution in [0.2, 0.25) is 0 Å². The van der Waals surface area contributed by atoms with Gasteiger partial charge in [-0.05, 0) is 0 Å². The number of rotatable bonds is 3. The minimum absolute atomic E-state index is 0.141. The fourth-order valence-corrected chi connectivity index (χ4v) is 3.07. The maximum absolute atomic E-state index is 12.0. The van der Waals surface area contributed by atoms with Crippen molar-refractivity contribution in [2.75, 3.05) is 31.7 Å². The number of imidazole rings is 1. The van der Waals surface area contributed by atoms with Crippen LogP contribution in [-0.2, 0) is 9.53 Å². The van der Waals surface area contributed by atoms with Crippen LogP contribution >= 0.6 is 11.3 Å². The Kier molecular flexibility index (Phi) is 3.41. The van der Waals surface area contributed by atoms with E-state index in [1.807, 2.05) is 10.3 Å². The molecule has 1 saturated heterocycles. The number of carbonyl (C=O) groups excluding carboxylic acids is 2. The summed E-state index contributed by atoms with van der Waals surface area (Å²) in [7, 11) is 1.58. The Morgan fingerprint density at radius 3 is 3.25 bits per heavy atom. The quantitative estimate of drug-likeness (QED) is 0.816. The van der Waals surface area contributed by atoms with E-state index in [2.05, 4.69) is 10.3 Å². The van der Waals surface area contributed by atoms with E-state index in [0.29, 0.717) is 31.3 Å². The van der Waals surface area contributed by atoms with Gasteiger partial charge in [0, 0.05) is 25.2 Å². The van der Waals surface area contributed by atoms with Crippen molar-refractivity contribution in [3.63, 3.8) is 0 Å². The van der Waals surface area contributed by atoms with E-state index in [-0.39, 0.29) is 5.91 Å². The Hall–Kier alpha value is -1.93. The Bertz CT molecular complexity index is 650. The van der Waals surface area contributed by atoms with Crippen LogP contribution < -0.4 is 10.2 Å². The van der Waals surface area contributed by atoms with E-state index in [4.69, 9.17) is 4.74 Å². The van der Waals surface area contributed by atoms with Crippen LogP contribution in [0.1, 0.15) is 10.5 Å². The second-order valence-corrected chi connectivity index (χ2v) is 5.27. The molecule has 3 rings (SSSR count). The maximum atomic E-state index is 12.0. The molecule has 106 valence electrons. The third-order valence-corrected chi connectivity index (χ3v) is 4.10. The van der Waals surface area contributed by atoms with Crippen LogP contribution in [0.5, 0.6) is 0 Å². The number of nitrogens with zero attached hydrogens (tertiary/aromatic N) is 3. The molecule has 1 unspecified atom stereocenters. The second kappa shape index (κ2) is 5.22. The Morgan fingerprint density at radius 2 is 2.50 bits per heavy atom. The highest BCUT2D eigenvalue weighted by molar-refractivity contribution is 7.15. The first kappa shape index (κ1) is 13.1. The molecule has 1 aliphatic heterocycles. The summed E-state index contributed by atoms with van der Waals surface area (Å²) in [6.45, 7) is 1.34. The molecule has 3 heterocycles. The Morgan fingerprint density at radius 1 is 1.65 bits per heavy atom. The number of nitrogens with one attached hydrogen (secondary N) is 1. The van der Waals surface area contributed by atoms with Crippen molar-refractivity contribution in [3.8, 4) is 0 Å². The van der Waals surface area contributed by atoms with Crippen molar-refractivity contribution in [2.24, 2.45) is 0 Å². The number of morpholine rings is 1. The summed E-state index contributed by atoms with van der Waals surface area (Å²) in [6, 6.07) is -0.461. The number of hydrogen-bond donors (Lipinski definition) is 1. The van der Waals surface area contributed by atoms with Gasteiger partial charge in [-0.25, -0.2) is 4.98 Å². The number of amides is 1. The zero-order valence-electron chi connectivity index (χ0n) is 10.9. The van der Waals surface area contributed by atoms with E-state index in [1.165, 1.54) is 11.3 Å². The zero-order chi connectivity index (χ0) is 14.1. The number of thiazole rings is 1. The number of likely N-dealkylation sites (N-methyl/N-ethyl adjacent to an activating group) is 1. The molecule has 1 aliphatic rings. The van der Waals surface area contributed by atoms with Crippen LogP contribution in [0, 0.1) is 0 Å². The first-order valence-electron chi connectivity index (χ1n) is 6.23. The number of anilines is 1. The lowest BCUT2D eigenvalue weighted by atomic mass is 10.2. The van der Waals surface area contributed by atoms with Crippen molar-refractivity contribution in [3.05, 3.63) is 17.3 Å². The monoisotopic (exact) mass is 294 g/mol. The van der Waals surface area contributed by atoms with Gasteiger partial charge in [-0.1, -0.05) is 0 Å². The van der Waals surface area contributed by atoms with Gasteiger partial charge in [-0.3, -0.25) is 14.0 Å². The number of carbonyl (C=O) groups is 2. The molecule has 0 bridgehead atoms. The van der Waals surface area contributed by atoms with Crippen molar-refractivity contribution in [1.82, 2.24) is 14.7 Å². The average molecular weight is 294 g/mol. The summed E-state index contributed by atoms with van der Waals surface area (Å²) in [5, 5.41) is 4.49. The van der Waals surface area contributed by atoms with E-state index in [0.717, 1.165) is 11.2 Å². The fourth-order valence-electron chi connectivity index (χ4n) is 2.35. The number of aldehydes is 1. The third kappa shape index (κ3) is 1.97. The minimum atomic E-state index is -0.461. The van der Waals surface area contributed by atoms with E-state index >= 15 is 0 Å². The van der Waals surface area contributed by atoms with Crippen molar-refractivity contribution >= 4 is 34.3 Å². The van der Waals surface area contributed by atoms with E-state index in [1.54, 1.807) is 17.6 Å². The van der Waals surface area contributed by atoms with Gasteiger partial charge < -0.3 is 15.0 Å². The molecule has 1 atom stereocenters. The van der Waals surface area contributed by atoms with Gasteiger partial charge in [0.25, 0.3) is 0 Å². The topological polar surface area (TPSA) is 75.9 Å². The first-order valence-corrected chi connectivity index (χ1v) is 7.11. The SMILES string of the molecule is CNC(=O)C1COCCN1c1nc2sccn2c1C=O. The second-order valence-electron chi connectivity index (χ2n) is 4.39. The third-order valence-electron chi connectivity index (χ3n) is 3.34. The number of aromatic nitrogens is 2. The molecule has 0 saturated carbocycles. The Balaban J connectivity index is 2.05. The molecule has 1 amide bonds. The van der Waals surface area contributed by atoms with Crippen molar-refractivity contribution in [1.29, 1.82) is 0 Å². The fraction of sp³-hybridized carbons (Fsp3) is 0.417. The molecule has 1 fully saturated rings. The predicted molar refractivity (Wildman–Crippen MR) is 74.5 cm³/mol. The molecule has 2 aromatic rings. The summed E-state index contributed by atoms with van der Waals surface area (Å²) in [5.41, 5.74) is 0.469. The summed E-state index contributed by atoms with van der Waals surface area (Å²) in [4.78, 5) is 30.4. The molecular formula is C12H14N4O3S. The van der Waals surface area contributed by atoms with Crippen LogP contribution in [0.4, 0.5) is 5.82 Å². The molecule has 0 aliphatic carbocycles. The number of hydrogen-bond acceptors (Lipinski definition) is 6. The van der Waals surface area contributed by atoms with Gasteiger partial charge in [-0.2, -0.15) is 0 Å². The summed E-state index contributed by atoms with van der Waals surface area (Å²) in [6.07, 6.45) is 2.58. The molecule has 0 radical (unpaired) electrons. The predicted octanol–water partition coefficient (Wildman–Crippen LogP) is 0.159. The lowest BCUT2D eigenvalue weighted by molar-refractivity contribution is -0.124. The maximum Gasteiger partial charge on any atom is 0.244 e. The summed E-state index contributed by atoms with van der Waals surface area (Å²) < 4.78 is 7.10. The van der Waals surface area contributed by atoms with Gasteiger partial charge in [-0.15, -0.1) is 11.3 Å². The lowest BCUT2D eigenvalue weighted by Gasteiger charge is -2.34. The summed E-state index contributed by atoms with van der Waals surface area (Å²) >= 11 is 1.45. The van der Waals surface area contributed by atoms with Crippen LogP contribution in [-0.4, -0.2) is 54.4 Å². The van der Waals surface area contributed by atoms with E-state index in [9.17, 15) is 9.59 Å². The van der Waals surface area contributed by atoms with Crippen LogP contribution in [0.25, 0.3) is 4.96 Å². The van der Waals surface area contributed by atoms with Crippen molar-refractivity contribution in [2.45, 2.75) is 6.04 Å². The molecule has 0 spiro atoms. The molecule has 20 heavy (non-hydrogen) atoms. The minimum Gasteiger partial charge on any atom is -0.377 e. The van der Waals surface area contributed by atoms with Gasteiger partial charge in [0.05, 0.1) is 13.2 Å². The zero-order valence-corrected chi connectivity index (χ0v) is 11.7. The first-order chi connectivity index (χ1) is 9.76. The van der Waals surface area contributed by atoms with Crippen LogP contribution in [0.15, 0.2) is 11.6 Å². The van der Waals surface area contributed by atoms with Gasteiger partial charge in [0.1, 0.15) is 11.7 Å². The van der Waals surface area contributed by atoms with Crippen molar-refractivity contribution < 1.29 is 14.3 Å². The smallest absolute Gasteiger partial charge is 0.244 e. The van der Waals surface area contributed by atoms with Gasteiger partial charge in [0.15, 0.2) is 17.1 Å². The standard InChI is InChI=1S/C12H14N4O3S/c1-13-11(18)9-7-19-4-2-15(9)10-8(6-17)16-3-5-20-12(16)14-10/h3,5-6,9H,2,4,7H2,1H3,(H,13,18). The normalized spacial score (nSPS) is 19.2. The molecule has 8 heteroatoms. The number of ether oxygens (including phenoxy) is 1. The van der Waals surface area contributed by atoms with Gasteiger partial charge >= 0.3 is 0 Å². The largest absolute Gasteiger partial charge is 0.377 e. The highest BCUT2D eigenvalue weighted by Gasteiger charge is 2.32.